The van der Waals surface area contributed by atoms with E-state index in [9.17, 15) is 4.79 Å². The largest absolute Gasteiger partial charge is 0.352 e. The number of nitrogens with zero attached hydrogens (tertiary/aromatic N) is 3. The number of hydrogen-bond acceptors (Lipinski definition) is 2. The zero-order valence-electron chi connectivity index (χ0n) is 8.15. The van der Waals surface area contributed by atoms with Crippen molar-refractivity contribution in [1.29, 1.82) is 0 Å². The first kappa shape index (κ1) is 12.8. The summed E-state index contributed by atoms with van der Waals surface area (Å²) in [5.74, 6) is -0.248. The minimum atomic E-state index is -0.248. The van der Waals surface area contributed by atoms with Crippen molar-refractivity contribution in [2.75, 3.05) is 13.1 Å². The monoisotopic (exact) mass is 302 g/mol. The van der Waals surface area contributed by atoms with E-state index in [1.165, 1.54) is 0 Å². The van der Waals surface area contributed by atoms with E-state index in [0.717, 1.165) is 4.47 Å². The molecular formula is C9H8BrClN4O. The lowest BCUT2D eigenvalue weighted by atomic mass is 10.2. The second-order valence-corrected chi connectivity index (χ2v) is 4.10. The van der Waals surface area contributed by atoms with Gasteiger partial charge >= 0.3 is 0 Å². The summed E-state index contributed by atoms with van der Waals surface area (Å²) in [4.78, 5) is 14.1. The van der Waals surface area contributed by atoms with Gasteiger partial charge in [0.2, 0.25) is 0 Å². The van der Waals surface area contributed by atoms with Crippen molar-refractivity contribution in [1.82, 2.24) is 5.32 Å². The third-order valence-corrected chi connectivity index (χ3v) is 2.97. The lowest BCUT2D eigenvalue weighted by molar-refractivity contribution is 0.0955. The number of azide groups is 1. The Morgan fingerprint density at radius 1 is 1.62 bits per heavy atom. The zero-order valence-corrected chi connectivity index (χ0v) is 10.5. The molecule has 5 nitrogen and oxygen atoms in total. The highest BCUT2D eigenvalue weighted by Gasteiger charge is 2.06. The predicted molar refractivity (Wildman–Crippen MR) is 65.5 cm³/mol. The maximum absolute atomic E-state index is 11.6. The topological polar surface area (TPSA) is 77.9 Å². The van der Waals surface area contributed by atoms with Crippen molar-refractivity contribution in [3.05, 3.63) is 43.7 Å². The Kier molecular flexibility index (Phi) is 5.11. The highest BCUT2D eigenvalue weighted by Crippen LogP contribution is 2.22. The van der Waals surface area contributed by atoms with Gasteiger partial charge in [-0.2, -0.15) is 0 Å². The van der Waals surface area contributed by atoms with E-state index in [0.29, 0.717) is 17.1 Å². The van der Waals surface area contributed by atoms with Gasteiger partial charge in [0.15, 0.2) is 0 Å². The van der Waals surface area contributed by atoms with Crippen molar-refractivity contribution in [3.8, 4) is 0 Å². The first-order chi connectivity index (χ1) is 7.65. The van der Waals surface area contributed by atoms with Crippen molar-refractivity contribution in [2.24, 2.45) is 5.11 Å². The molecule has 1 N–H and O–H groups in total. The van der Waals surface area contributed by atoms with Gasteiger partial charge < -0.3 is 5.32 Å². The van der Waals surface area contributed by atoms with Gasteiger partial charge in [0.25, 0.3) is 5.91 Å². The maximum atomic E-state index is 11.6. The molecule has 0 saturated heterocycles. The van der Waals surface area contributed by atoms with Crippen LogP contribution < -0.4 is 5.32 Å². The molecule has 0 aliphatic rings. The van der Waals surface area contributed by atoms with Gasteiger partial charge in [-0.1, -0.05) is 16.7 Å². The Labute approximate surface area is 106 Å². The summed E-state index contributed by atoms with van der Waals surface area (Å²) in [5, 5.41) is 6.38. The second-order valence-electron chi connectivity index (χ2n) is 2.84. The van der Waals surface area contributed by atoms with E-state index in [1.807, 2.05) is 0 Å². The SMILES string of the molecule is [N-]=[N+]=NCCNC(=O)c1ccc(Br)c(Cl)c1. The number of halogens is 2. The quantitative estimate of drug-likeness (QED) is 0.394. The van der Waals surface area contributed by atoms with Crippen LogP contribution in [0.5, 0.6) is 0 Å². The predicted octanol–water partition coefficient (Wildman–Crippen LogP) is 3.14. The molecule has 0 aromatic heterocycles. The van der Waals surface area contributed by atoms with Gasteiger partial charge in [0, 0.05) is 28.0 Å². The molecule has 16 heavy (non-hydrogen) atoms. The number of nitrogens with one attached hydrogen (secondary N) is 1. The van der Waals surface area contributed by atoms with Crippen molar-refractivity contribution < 1.29 is 4.79 Å². The Morgan fingerprint density at radius 2 is 2.38 bits per heavy atom. The minimum Gasteiger partial charge on any atom is -0.352 e. The fourth-order valence-electron chi connectivity index (χ4n) is 1.00. The molecular weight excluding hydrogens is 295 g/mol. The number of benzene rings is 1. The summed E-state index contributed by atoms with van der Waals surface area (Å²) in [6, 6.07) is 4.91. The lowest BCUT2D eigenvalue weighted by Crippen LogP contribution is -2.25. The molecule has 0 atom stereocenters. The molecule has 84 valence electrons. The van der Waals surface area contributed by atoms with Crippen LogP contribution in [0.15, 0.2) is 27.8 Å². The van der Waals surface area contributed by atoms with Crippen LogP contribution in [0, 0.1) is 0 Å². The van der Waals surface area contributed by atoms with E-state index in [4.69, 9.17) is 17.1 Å². The Balaban J connectivity index is 2.59. The summed E-state index contributed by atoms with van der Waals surface area (Å²) < 4.78 is 0.736. The van der Waals surface area contributed by atoms with Crippen molar-refractivity contribution in [2.45, 2.75) is 0 Å². The molecule has 0 saturated carbocycles. The minimum absolute atomic E-state index is 0.229. The zero-order chi connectivity index (χ0) is 12.0. The van der Waals surface area contributed by atoms with Crippen LogP contribution in [0.1, 0.15) is 10.4 Å². The summed E-state index contributed by atoms with van der Waals surface area (Å²) in [6.07, 6.45) is 0. The van der Waals surface area contributed by atoms with Crippen LogP contribution >= 0.6 is 27.5 Å². The van der Waals surface area contributed by atoms with Crippen LogP contribution in [0.4, 0.5) is 0 Å². The number of rotatable bonds is 4. The van der Waals surface area contributed by atoms with E-state index >= 15 is 0 Å². The molecule has 0 fully saturated rings. The average molecular weight is 304 g/mol. The van der Waals surface area contributed by atoms with Gasteiger partial charge in [0.05, 0.1) is 5.02 Å². The van der Waals surface area contributed by atoms with Crippen LogP contribution in [-0.4, -0.2) is 19.0 Å². The normalized spacial score (nSPS) is 9.38. The molecule has 0 bridgehead atoms. The van der Waals surface area contributed by atoms with Gasteiger partial charge in [-0.05, 0) is 39.7 Å². The van der Waals surface area contributed by atoms with E-state index in [1.54, 1.807) is 18.2 Å². The van der Waals surface area contributed by atoms with Gasteiger partial charge in [-0.25, -0.2) is 0 Å². The fraction of sp³-hybridized carbons (Fsp3) is 0.222. The molecule has 7 heteroatoms. The molecule has 0 aliphatic carbocycles. The van der Waals surface area contributed by atoms with Gasteiger partial charge in [0.1, 0.15) is 0 Å². The third-order valence-electron chi connectivity index (χ3n) is 1.74. The smallest absolute Gasteiger partial charge is 0.251 e. The van der Waals surface area contributed by atoms with Gasteiger partial charge in [-0.3, -0.25) is 4.79 Å². The van der Waals surface area contributed by atoms with E-state index < -0.39 is 0 Å². The van der Waals surface area contributed by atoms with Crippen LogP contribution in [0.2, 0.25) is 5.02 Å². The second kappa shape index (κ2) is 6.37. The number of carbonyl (C=O) groups excluding carboxylic acids is 1. The summed E-state index contributed by atoms with van der Waals surface area (Å²) >= 11 is 9.08. The molecule has 0 heterocycles. The summed E-state index contributed by atoms with van der Waals surface area (Å²) in [5.41, 5.74) is 8.51. The summed E-state index contributed by atoms with van der Waals surface area (Å²) in [7, 11) is 0. The molecule has 1 aromatic carbocycles. The Hall–Kier alpha value is -1.23. The van der Waals surface area contributed by atoms with E-state index in [-0.39, 0.29) is 12.5 Å². The standard InChI is InChI=1S/C9H8BrClN4O/c10-7-2-1-6(5-8(7)11)9(16)13-3-4-14-15-12/h1-2,5H,3-4H2,(H,13,16). The molecule has 1 aromatic rings. The maximum Gasteiger partial charge on any atom is 0.251 e. The molecule has 0 spiro atoms. The highest BCUT2D eigenvalue weighted by molar-refractivity contribution is 9.10. The van der Waals surface area contributed by atoms with Crippen LogP contribution in [-0.2, 0) is 0 Å². The Morgan fingerprint density at radius 3 is 3.00 bits per heavy atom. The molecule has 0 radical (unpaired) electrons. The average Bonchev–Trinajstić information content (AvgIpc) is 2.28. The van der Waals surface area contributed by atoms with Gasteiger partial charge in [-0.15, -0.1) is 0 Å². The van der Waals surface area contributed by atoms with Crippen molar-refractivity contribution in [3.63, 3.8) is 0 Å². The summed E-state index contributed by atoms with van der Waals surface area (Å²) in [6.45, 7) is 0.531. The first-order valence-corrected chi connectivity index (χ1v) is 5.56. The third kappa shape index (κ3) is 3.73. The van der Waals surface area contributed by atoms with Crippen molar-refractivity contribution >= 4 is 33.4 Å². The number of carbonyl (C=O) groups is 1. The Bertz CT molecular complexity index is 445. The molecule has 1 amide bonds. The first-order valence-electron chi connectivity index (χ1n) is 4.39. The van der Waals surface area contributed by atoms with Crippen LogP contribution in [0.25, 0.3) is 10.4 Å². The fourth-order valence-corrected chi connectivity index (χ4v) is 1.43. The number of amides is 1. The molecule has 0 aliphatic heterocycles. The van der Waals surface area contributed by atoms with Crippen LogP contribution in [0.3, 0.4) is 0 Å². The molecule has 1 rings (SSSR count). The van der Waals surface area contributed by atoms with E-state index in [2.05, 4.69) is 31.3 Å². The molecule has 0 unspecified atom stereocenters. The lowest BCUT2D eigenvalue weighted by Gasteiger charge is -2.04. The number of hydrogen-bond donors (Lipinski definition) is 1. The highest BCUT2D eigenvalue weighted by atomic mass is 79.9.